The highest BCUT2D eigenvalue weighted by Crippen LogP contribution is 2.24. The smallest absolute Gasteiger partial charge is 0.241 e. The van der Waals surface area contributed by atoms with Crippen LogP contribution in [0.5, 0.6) is 5.75 Å². The van der Waals surface area contributed by atoms with E-state index in [1.807, 2.05) is 18.2 Å². The number of rotatable bonds is 2. The molecule has 0 radical (unpaired) electrons. The van der Waals surface area contributed by atoms with E-state index in [9.17, 15) is 4.79 Å². The Morgan fingerprint density at radius 2 is 2.33 bits per heavy atom. The molecule has 1 aromatic carbocycles. The topological polar surface area (TPSA) is 65.4 Å². The number of nitrogens with one attached hydrogen (secondary N) is 1. The third kappa shape index (κ3) is 2.59. The monoisotopic (exact) mass is 285 g/mol. The number of hydrogen-bond donors (Lipinski definition) is 1. The van der Waals surface area contributed by atoms with Crippen LogP contribution in [0.3, 0.4) is 0 Å². The van der Waals surface area contributed by atoms with Gasteiger partial charge in [-0.1, -0.05) is 6.07 Å². The molecule has 2 aliphatic rings. The van der Waals surface area contributed by atoms with Gasteiger partial charge in [0.2, 0.25) is 5.91 Å². The van der Waals surface area contributed by atoms with Crippen molar-refractivity contribution >= 4 is 5.91 Å². The van der Waals surface area contributed by atoms with E-state index in [-0.39, 0.29) is 18.0 Å². The van der Waals surface area contributed by atoms with Crippen LogP contribution in [0.2, 0.25) is 0 Å². The molecule has 0 aromatic heterocycles. The number of ether oxygens (including phenoxy) is 1. The molecule has 110 valence electrons. The molecule has 1 fully saturated rings. The predicted octanol–water partition coefficient (Wildman–Crippen LogP) is 1.22. The molecule has 1 aromatic rings. The second kappa shape index (κ2) is 5.74. The summed E-state index contributed by atoms with van der Waals surface area (Å²) in [5.74, 6) is 0.893. The van der Waals surface area contributed by atoms with E-state index < -0.39 is 0 Å². The molecule has 3 rings (SSSR count). The van der Waals surface area contributed by atoms with Crippen LogP contribution in [-0.2, 0) is 17.8 Å². The Bertz CT molecular complexity index is 594. The van der Waals surface area contributed by atoms with Crippen LogP contribution in [0.4, 0.5) is 0 Å². The number of carbonyl (C=O) groups excluding carboxylic acids is 1. The van der Waals surface area contributed by atoms with Crippen molar-refractivity contribution in [3.05, 3.63) is 29.3 Å². The van der Waals surface area contributed by atoms with Gasteiger partial charge < -0.3 is 15.0 Å². The van der Waals surface area contributed by atoms with E-state index in [4.69, 9.17) is 10.00 Å². The molecule has 2 atom stereocenters. The van der Waals surface area contributed by atoms with Gasteiger partial charge in [-0.25, -0.2) is 0 Å². The van der Waals surface area contributed by atoms with Gasteiger partial charge in [0, 0.05) is 13.1 Å². The lowest BCUT2D eigenvalue weighted by Crippen LogP contribution is -2.50. The van der Waals surface area contributed by atoms with Crippen molar-refractivity contribution in [3.8, 4) is 11.8 Å². The number of carbonyl (C=O) groups is 1. The van der Waals surface area contributed by atoms with Crippen LogP contribution in [-0.4, -0.2) is 36.5 Å². The van der Waals surface area contributed by atoms with Gasteiger partial charge in [-0.15, -0.1) is 0 Å². The highest BCUT2D eigenvalue weighted by atomic mass is 16.5. The third-order valence-corrected chi connectivity index (χ3v) is 4.36. The minimum atomic E-state index is -0.253. The summed E-state index contributed by atoms with van der Waals surface area (Å²) in [6, 6.07) is 7.72. The maximum atomic E-state index is 12.6. The first kappa shape index (κ1) is 13.9. The molecule has 21 heavy (non-hydrogen) atoms. The molecule has 0 saturated carbocycles. The Labute approximate surface area is 124 Å². The first-order chi connectivity index (χ1) is 10.2. The largest absolute Gasteiger partial charge is 0.497 e. The lowest BCUT2D eigenvalue weighted by Gasteiger charge is -2.30. The van der Waals surface area contributed by atoms with Gasteiger partial charge in [0.15, 0.2) is 0 Å². The molecular formula is C16H19N3O2. The Morgan fingerprint density at radius 1 is 1.48 bits per heavy atom. The zero-order valence-corrected chi connectivity index (χ0v) is 12.1. The van der Waals surface area contributed by atoms with Crippen molar-refractivity contribution in [3.63, 3.8) is 0 Å². The molecule has 1 saturated heterocycles. The first-order valence-electron chi connectivity index (χ1n) is 7.32. The minimum Gasteiger partial charge on any atom is -0.497 e. The van der Waals surface area contributed by atoms with Gasteiger partial charge in [0.25, 0.3) is 0 Å². The fourth-order valence-corrected chi connectivity index (χ4v) is 3.16. The van der Waals surface area contributed by atoms with Gasteiger partial charge in [-0.05, 0) is 42.5 Å². The number of amides is 1. The highest BCUT2D eigenvalue weighted by Gasteiger charge is 2.34. The van der Waals surface area contributed by atoms with E-state index in [1.165, 1.54) is 11.1 Å². The van der Waals surface area contributed by atoms with Crippen molar-refractivity contribution < 1.29 is 9.53 Å². The molecule has 0 spiro atoms. The van der Waals surface area contributed by atoms with Crippen molar-refractivity contribution in [1.82, 2.24) is 10.2 Å². The van der Waals surface area contributed by atoms with E-state index >= 15 is 0 Å². The SMILES string of the molecule is COc1ccc2c(c1)CN[C@H](C(=O)N1CCC[C@@H]1C#N)C2. The molecule has 2 aliphatic heterocycles. The summed E-state index contributed by atoms with van der Waals surface area (Å²) in [5.41, 5.74) is 2.36. The van der Waals surface area contributed by atoms with Gasteiger partial charge in [-0.2, -0.15) is 5.26 Å². The Kier molecular flexibility index (Phi) is 3.80. The second-order valence-electron chi connectivity index (χ2n) is 5.59. The van der Waals surface area contributed by atoms with Crippen LogP contribution in [0.25, 0.3) is 0 Å². The molecular weight excluding hydrogens is 266 g/mol. The summed E-state index contributed by atoms with van der Waals surface area (Å²) in [7, 11) is 1.65. The number of hydrogen-bond acceptors (Lipinski definition) is 4. The average molecular weight is 285 g/mol. The number of nitrogens with zero attached hydrogens (tertiary/aromatic N) is 2. The number of likely N-dealkylation sites (tertiary alicyclic amines) is 1. The molecule has 1 amide bonds. The van der Waals surface area contributed by atoms with Crippen LogP contribution >= 0.6 is 0 Å². The van der Waals surface area contributed by atoms with Crippen molar-refractivity contribution in [2.75, 3.05) is 13.7 Å². The summed E-state index contributed by atoms with van der Waals surface area (Å²) in [5, 5.41) is 12.4. The summed E-state index contributed by atoms with van der Waals surface area (Å²) in [4.78, 5) is 14.3. The molecule has 0 aliphatic carbocycles. The molecule has 5 heteroatoms. The summed E-state index contributed by atoms with van der Waals surface area (Å²) >= 11 is 0. The molecule has 1 N–H and O–H groups in total. The number of nitriles is 1. The predicted molar refractivity (Wildman–Crippen MR) is 77.7 cm³/mol. The van der Waals surface area contributed by atoms with E-state index in [0.717, 1.165) is 18.6 Å². The van der Waals surface area contributed by atoms with Crippen molar-refractivity contribution in [1.29, 1.82) is 5.26 Å². The second-order valence-corrected chi connectivity index (χ2v) is 5.59. The van der Waals surface area contributed by atoms with Gasteiger partial charge in [0.05, 0.1) is 19.2 Å². The first-order valence-corrected chi connectivity index (χ1v) is 7.32. The van der Waals surface area contributed by atoms with E-state index in [0.29, 0.717) is 19.5 Å². The zero-order valence-electron chi connectivity index (χ0n) is 12.1. The molecule has 2 heterocycles. The zero-order chi connectivity index (χ0) is 14.8. The Balaban J connectivity index is 1.74. The minimum absolute atomic E-state index is 0.0560. The maximum Gasteiger partial charge on any atom is 0.241 e. The lowest BCUT2D eigenvalue weighted by molar-refractivity contribution is -0.133. The number of methoxy groups -OCH3 is 1. The standard InChI is InChI=1S/C16H19N3O2/c1-21-14-5-4-11-8-15(18-10-12(11)7-14)16(20)19-6-2-3-13(19)9-17/h4-5,7,13,15,18H,2-3,6,8,10H2,1H3/t13-,15+/m1/s1. The van der Waals surface area contributed by atoms with Crippen molar-refractivity contribution in [2.24, 2.45) is 0 Å². The van der Waals surface area contributed by atoms with Crippen LogP contribution < -0.4 is 10.1 Å². The highest BCUT2D eigenvalue weighted by molar-refractivity contribution is 5.83. The van der Waals surface area contributed by atoms with Crippen molar-refractivity contribution in [2.45, 2.75) is 37.9 Å². The van der Waals surface area contributed by atoms with E-state index in [2.05, 4.69) is 11.4 Å². The lowest BCUT2D eigenvalue weighted by atomic mass is 9.94. The fourth-order valence-electron chi connectivity index (χ4n) is 3.16. The van der Waals surface area contributed by atoms with E-state index in [1.54, 1.807) is 12.0 Å². The fraction of sp³-hybridized carbons (Fsp3) is 0.500. The number of fused-ring (bicyclic) bond motifs is 1. The Morgan fingerprint density at radius 3 is 3.10 bits per heavy atom. The summed E-state index contributed by atoms with van der Waals surface area (Å²) < 4.78 is 5.23. The van der Waals surface area contributed by atoms with Gasteiger partial charge in [0.1, 0.15) is 11.8 Å². The quantitative estimate of drug-likeness (QED) is 0.887. The average Bonchev–Trinajstić information content (AvgIpc) is 3.01. The summed E-state index contributed by atoms with van der Waals surface area (Å²) in [6.45, 7) is 1.36. The van der Waals surface area contributed by atoms with Gasteiger partial charge >= 0.3 is 0 Å². The van der Waals surface area contributed by atoms with Gasteiger partial charge in [-0.3, -0.25) is 4.79 Å². The van der Waals surface area contributed by atoms with Crippen LogP contribution in [0.1, 0.15) is 24.0 Å². The number of benzene rings is 1. The third-order valence-electron chi connectivity index (χ3n) is 4.36. The summed E-state index contributed by atoms with van der Waals surface area (Å²) in [6.07, 6.45) is 2.39. The van der Waals surface area contributed by atoms with Crippen LogP contribution in [0, 0.1) is 11.3 Å². The molecule has 0 bridgehead atoms. The van der Waals surface area contributed by atoms with Crippen LogP contribution in [0.15, 0.2) is 18.2 Å². The molecule has 5 nitrogen and oxygen atoms in total. The molecule has 0 unspecified atom stereocenters. The Hall–Kier alpha value is -2.06. The normalized spacial score (nSPS) is 24.3. The maximum absolute atomic E-state index is 12.6.